The molecule has 0 aliphatic heterocycles. The lowest BCUT2D eigenvalue weighted by atomic mass is 10.1. The molecule has 7 nitrogen and oxygen atoms in total. The van der Waals surface area contributed by atoms with Gasteiger partial charge in [-0.3, -0.25) is 10.1 Å². The SMILES string of the molecule is CCN(C)CCNc1cc(C(=O)O)c([N+](=O)[O-])cc1F. The van der Waals surface area contributed by atoms with Crippen LogP contribution in [0, 0.1) is 15.9 Å². The van der Waals surface area contributed by atoms with Crippen LogP contribution in [0.3, 0.4) is 0 Å². The third-order valence-electron chi connectivity index (χ3n) is 2.86. The van der Waals surface area contributed by atoms with Gasteiger partial charge in [0, 0.05) is 13.1 Å². The van der Waals surface area contributed by atoms with Crippen LogP contribution in [-0.2, 0) is 0 Å². The minimum Gasteiger partial charge on any atom is -0.477 e. The Kier molecular flexibility index (Phi) is 5.39. The Bertz CT molecular complexity index is 522. The second kappa shape index (κ2) is 6.80. The molecule has 110 valence electrons. The number of aromatic carboxylic acids is 1. The van der Waals surface area contributed by atoms with E-state index >= 15 is 0 Å². The van der Waals surface area contributed by atoms with E-state index in [0.29, 0.717) is 19.2 Å². The highest BCUT2D eigenvalue weighted by Gasteiger charge is 2.23. The molecule has 1 aromatic carbocycles. The van der Waals surface area contributed by atoms with Crippen LogP contribution in [0.4, 0.5) is 15.8 Å². The fraction of sp³-hybridized carbons (Fsp3) is 0.417. The van der Waals surface area contributed by atoms with Crippen molar-refractivity contribution >= 4 is 17.3 Å². The van der Waals surface area contributed by atoms with Gasteiger partial charge in [-0.25, -0.2) is 9.18 Å². The summed E-state index contributed by atoms with van der Waals surface area (Å²) in [7, 11) is 1.89. The molecule has 0 saturated carbocycles. The molecule has 1 rings (SSSR count). The van der Waals surface area contributed by atoms with E-state index in [4.69, 9.17) is 5.11 Å². The number of likely N-dealkylation sites (N-methyl/N-ethyl adjacent to an activating group) is 1. The van der Waals surface area contributed by atoms with Gasteiger partial charge in [-0.05, 0) is 19.7 Å². The molecular formula is C12H16FN3O4. The third-order valence-corrected chi connectivity index (χ3v) is 2.86. The summed E-state index contributed by atoms with van der Waals surface area (Å²) in [6.45, 7) is 3.83. The molecule has 20 heavy (non-hydrogen) atoms. The van der Waals surface area contributed by atoms with Crippen LogP contribution in [0.25, 0.3) is 0 Å². The minimum absolute atomic E-state index is 0.0579. The highest BCUT2D eigenvalue weighted by Crippen LogP contribution is 2.26. The summed E-state index contributed by atoms with van der Waals surface area (Å²) < 4.78 is 13.7. The number of carboxylic acids is 1. The number of benzene rings is 1. The number of hydrogen-bond donors (Lipinski definition) is 2. The van der Waals surface area contributed by atoms with Gasteiger partial charge in [-0.15, -0.1) is 0 Å². The summed E-state index contributed by atoms with van der Waals surface area (Å²) in [5.74, 6) is -2.31. The van der Waals surface area contributed by atoms with E-state index in [0.717, 1.165) is 12.6 Å². The zero-order valence-electron chi connectivity index (χ0n) is 11.2. The van der Waals surface area contributed by atoms with Gasteiger partial charge in [0.25, 0.3) is 5.69 Å². The van der Waals surface area contributed by atoms with Crippen molar-refractivity contribution < 1.29 is 19.2 Å². The predicted molar refractivity (Wildman–Crippen MR) is 71.7 cm³/mol. The number of carbonyl (C=O) groups is 1. The lowest BCUT2D eigenvalue weighted by Crippen LogP contribution is -2.25. The molecule has 0 unspecified atom stereocenters. The van der Waals surface area contributed by atoms with Crippen molar-refractivity contribution in [3.8, 4) is 0 Å². The van der Waals surface area contributed by atoms with Crippen LogP contribution >= 0.6 is 0 Å². The van der Waals surface area contributed by atoms with E-state index in [2.05, 4.69) is 5.32 Å². The number of halogens is 1. The quantitative estimate of drug-likeness (QED) is 0.586. The monoisotopic (exact) mass is 285 g/mol. The Labute approximate surface area is 115 Å². The van der Waals surface area contributed by atoms with Gasteiger partial charge in [0.1, 0.15) is 5.56 Å². The molecule has 8 heteroatoms. The molecule has 1 aromatic rings. The summed E-state index contributed by atoms with van der Waals surface area (Å²) in [4.78, 5) is 22.7. The largest absolute Gasteiger partial charge is 0.477 e. The molecule has 0 aromatic heterocycles. The van der Waals surface area contributed by atoms with Gasteiger partial charge < -0.3 is 15.3 Å². The summed E-state index contributed by atoms with van der Waals surface area (Å²) in [5, 5.41) is 22.3. The van der Waals surface area contributed by atoms with Crippen molar-refractivity contribution in [1.29, 1.82) is 0 Å². The second-order valence-corrected chi connectivity index (χ2v) is 4.23. The predicted octanol–water partition coefficient (Wildman–Crippen LogP) is 1.80. The van der Waals surface area contributed by atoms with Crippen LogP contribution in [0.15, 0.2) is 12.1 Å². The normalized spacial score (nSPS) is 10.6. The number of nitrogens with zero attached hydrogens (tertiary/aromatic N) is 2. The number of anilines is 1. The molecule has 0 spiro atoms. The average molecular weight is 285 g/mol. The molecular weight excluding hydrogens is 269 g/mol. The van der Waals surface area contributed by atoms with Crippen molar-refractivity contribution in [3.05, 3.63) is 33.6 Å². The second-order valence-electron chi connectivity index (χ2n) is 4.23. The molecule has 0 atom stereocenters. The number of hydrogen-bond acceptors (Lipinski definition) is 5. The highest BCUT2D eigenvalue weighted by atomic mass is 19.1. The van der Waals surface area contributed by atoms with E-state index in [1.165, 1.54) is 0 Å². The van der Waals surface area contributed by atoms with Crippen molar-refractivity contribution in [2.24, 2.45) is 0 Å². The first-order valence-corrected chi connectivity index (χ1v) is 6.00. The Morgan fingerprint density at radius 1 is 1.55 bits per heavy atom. The van der Waals surface area contributed by atoms with Gasteiger partial charge in [0.2, 0.25) is 0 Å². The summed E-state index contributed by atoms with van der Waals surface area (Å²) in [5.41, 5.74) is -1.36. The van der Waals surface area contributed by atoms with E-state index in [-0.39, 0.29) is 5.69 Å². The Morgan fingerprint density at radius 3 is 2.70 bits per heavy atom. The van der Waals surface area contributed by atoms with E-state index in [1.54, 1.807) is 0 Å². The molecule has 0 radical (unpaired) electrons. The number of nitro benzene ring substituents is 1. The summed E-state index contributed by atoms with van der Waals surface area (Å²) in [6.07, 6.45) is 0. The minimum atomic E-state index is -1.47. The fourth-order valence-electron chi connectivity index (χ4n) is 1.56. The topological polar surface area (TPSA) is 95.7 Å². The van der Waals surface area contributed by atoms with Crippen LogP contribution in [0.2, 0.25) is 0 Å². The van der Waals surface area contributed by atoms with Crippen molar-refractivity contribution in [2.75, 3.05) is 32.0 Å². The van der Waals surface area contributed by atoms with Gasteiger partial charge in [0.15, 0.2) is 5.82 Å². The molecule has 0 heterocycles. The Morgan fingerprint density at radius 2 is 2.20 bits per heavy atom. The Balaban J connectivity index is 2.95. The summed E-state index contributed by atoms with van der Waals surface area (Å²) >= 11 is 0. The van der Waals surface area contributed by atoms with Crippen molar-refractivity contribution in [1.82, 2.24) is 4.90 Å². The third kappa shape index (κ3) is 3.89. The van der Waals surface area contributed by atoms with Gasteiger partial charge in [-0.2, -0.15) is 0 Å². The van der Waals surface area contributed by atoms with Crippen LogP contribution in [0.5, 0.6) is 0 Å². The summed E-state index contributed by atoms with van der Waals surface area (Å²) in [6, 6.07) is 1.57. The molecule has 0 bridgehead atoms. The van der Waals surface area contributed by atoms with Crippen molar-refractivity contribution in [3.63, 3.8) is 0 Å². The fourth-order valence-corrected chi connectivity index (χ4v) is 1.56. The van der Waals surface area contributed by atoms with Gasteiger partial charge >= 0.3 is 5.97 Å². The zero-order valence-corrected chi connectivity index (χ0v) is 11.2. The number of nitrogens with one attached hydrogen (secondary N) is 1. The maximum atomic E-state index is 13.7. The standard InChI is InChI=1S/C12H16FN3O4/c1-3-15(2)5-4-14-10-6-8(12(17)18)11(16(19)20)7-9(10)13/h6-7,14H,3-5H2,1-2H3,(H,17,18). The van der Waals surface area contributed by atoms with Gasteiger partial charge in [0.05, 0.1) is 16.7 Å². The zero-order chi connectivity index (χ0) is 15.3. The number of nitro groups is 1. The van der Waals surface area contributed by atoms with Crippen molar-refractivity contribution in [2.45, 2.75) is 6.92 Å². The lowest BCUT2D eigenvalue weighted by molar-refractivity contribution is -0.385. The first-order chi connectivity index (χ1) is 9.36. The smallest absolute Gasteiger partial charge is 0.342 e. The van der Waals surface area contributed by atoms with Crippen LogP contribution in [0.1, 0.15) is 17.3 Å². The first kappa shape index (κ1) is 15.8. The average Bonchev–Trinajstić information content (AvgIpc) is 2.39. The van der Waals surface area contributed by atoms with E-state index in [1.807, 2.05) is 18.9 Å². The highest BCUT2D eigenvalue weighted by molar-refractivity contribution is 5.93. The maximum absolute atomic E-state index is 13.7. The van der Waals surface area contributed by atoms with Gasteiger partial charge in [-0.1, -0.05) is 6.92 Å². The maximum Gasteiger partial charge on any atom is 0.342 e. The molecule has 0 aliphatic rings. The van der Waals surface area contributed by atoms with E-state index < -0.39 is 28.0 Å². The molecule has 0 fully saturated rings. The first-order valence-electron chi connectivity index (χ1n) is 6.00. The van der Waals surface area contributed by atoms with Crippen LogP contribution in [-0.4, -0.2) is 47.6 Å². The lowest BCUT2D eigenvalue weighted by Gasteiger charge is -2.15. The number of carboxylic acid groups (broad SMARTS) is 1. The van der Waals surface area contributed by atoms with E-state index in [9.17, 15) is 19.3 Å². The molecule has 0 amide bonds. The molecule has 2 N–H and O–H groups in total. The molecule has 0 aliphatic carbocycles. The number of rotatable bonds is 7. The Hall–Kier alpha value is -2.22. The van der Waals surface area contributed by atoms with Crippen LogP contribution < -0.4 is 5.32 Å². The molecule has 0 saturated heterocycles.